The number of nitrogens with zero attached hydrogens (tertiary/aromatic N) is 3. The molecular weight excluding hydrogens is 396 g/mol. The molecule has 1 N–H and O–H groups in total. The second kappa shape index (κ2) is 7.98. The van der Waals surface area contributed by atoms with E-state index in [1.165, 1.54) is 24.6 Å². The lowest BCUT2D eigenvalue weighted by Crippen LogP contribution is -2.19. The number of rotatable bonds is 5. The van der Waals surface area contributed by atoms with Gasteiger partial charge in [-0.05, 0) is 48.2 Å². The van der Waals surface area contributed by atoms with Gasteiger partial charge in [-0.1, -0.05) is 0 Å². The fourth-order valence-corrected chi connectivity index (χ4v) is 3.20. The number of amidine groups is 1. The molecular formula is C19H12N4O5S. The number of benzene rings is 1. The van der Waals surface area contributed by atoms with E-state index in [2.05, 4.69) is 15.5 Å². The Labute approximate surface area is 168 Å². The van der Waals surface area contributed by atoms with Crippen LogP contribution in [0.3, 0.4) is 0 Å². The molecule has 3 aromatic rings. The Kier molecular flexibility index (Phi) is 5.08. The van der Waals surface area contributed by atoms with Crippen molar-refractivity contribution >= 4 is 40.8 Å². The number of nitro groups is 1. The number of nitro benzene ring substituents is 1. The number of carbonyl (C=O) groups excluding carboxylic acids is 1. The maximum atomic E-state index is 12.1. The highest BCUT2D eigenvalue weighted by Gasteiger charge is 2.24. The Balaban J connectivity index is 1.47. The minimum absolute atomic E-state index is 0.00296. The number of thioether (sulfide) groups is 1. The molecule has 0 spiro atoms. The second-order valence-electron chi connectivity index (χ2n) is 5.74. The first-order valence-corrected chi connectivity index (χ1v) is 9.10. The normalized spacial score (nSPS) is 16.8. The molecule has 0 radical (unpaired) electrons. The van der Waals surface area contributed by atoms with Gasteiger partial charge in [-0.2, -0.15) is 5.10 Å². The molecule has 144 valence electrons. The van der Waals surface area contributed by atoms with Gasteiger partial charge in [0.05, 0.1) is 22.3 Å². The van der Waals surface area contributed by atoms with Gasteiger partial charge in [0, 0.05) is 23.8 Å². The zero-order chi connectivity index (χ0) is 20.2. The van der Waals surface area contributed by atoms with Crippen LogP contribution in [0, 0.1) is 10.1 Å². The average molecular weight is 408 g/mol. The van der Waals surface area contributed by atoms with Crippen molar-refractivity contribution in [1.82, 2.24) is 5.32 Å². The van der Waals surface area contributed by atoms with Crippen LogP contribution in [0.2, 0.25) is 0 Å². The van der Waals surface area contributed by atoms with Crippen molar-refractivity contribution in [2.45, 2.75) is 0 Å². The summed E-state index contributed by atoms with van der Waals surface area (Å²) in [5.74, 6) is 1.24. The maximum Gasteiger partial charge on any atom is 0.269 e. The smallest absolute Gasteiger partial charge is 0.269 e. The third-order valence-corrected chi connectivity index (χ3v) is 4.69. The number of hydrogen-bond acceptors (Lipinski definition) is 8. The Hall–Kier alpha value is -3.92. The number of carbonyl (C=O) groups is 1. The summed E-state index contributed by atoms with van der Waals surface area (Å²) in [5, 5.41) is 21.5. The van der Waals surface area contributed by atoms with Crippen LogP contribution in [0.1, 0.15) is 11.5 Å². The standard InChI is InChI=1S/C19H12N4O5S/c24-18-17(29-19(21-18)22-20-11-15-2-1-9-27-15)10-14-7-8-16(28-14)12-3-5-13(6-4-12)23(25)26/h1-11H,(H,21,22,24). The first-order valence-electron chi connectivity index (χ1n) is 8.28. The molecule has 1 aliphatic rings. The molecule has 9 nitrogen and oxygen atoms in total. The van der Waals surface area contributed by atoms with Crippen molar-refractivity contribution in [1.29, 1.82) is 0 Å². The Bertz CT molecular complexity index is 1140. The molecule has 4 rings (SSSR count). The Morgan fingerprint density at radius 2 is 1.93 bits per heavy atom. The first-order chi connectivity index (χ1) is 14.1. The van der Waals surface area contributed by atoms with Crippen molar-refractivity contribution in [3.63, 3.8) is 0 Å². The third kappa shape index (κ3) is 4.33. The van der Waals surface area contributed by atoms with Crippen LogP contribution < -0.4 is 5.32 Å². The summed E-state index contributed by atoms with van der Waals surface area (Å²) in [7, 11) is 0. The van der Waals surface area contributed by atoms with Gasteiger partial charge in [0.15, 0.2) is 5.17 Å². The van der Waals surface area contributed by atoms with Gasteiger partial charge >= 0.3 is 0 Å². The van der Waals surface area contributed by atoms with Crippen LogP contribution in [-0.2, 0) is 4.79 Å². The molecule has 1 amide bonds. The van der Waals surface area contributed by atoms with Crippen molar-refractivity contribution in [2.24, 2.45) is 10.2 Å². The summed E-state index contributed by atoms with van der Waals surface area (Å²) in [5.41, 5.74) is 0.696. The van der Waals surface area contributed by atoms with E-state index in [1.54, 1.807) is 42.5 Å². The molecule has 10 heteroatoms. The van der Waals surface area contributed by atoms with E-state index in [0.717, 1.165) is 11.8 Å². The molecule has 1 saturated heterocycles. The number of hydrogen-bond donors (Lipinski definition) is 1. The Morgan fingerprint density at radius 1 is 1.10 bits per heavy atom. The lowest BCUT2D eigenvalue weighted by molar-refractivity contribution is -0.384. The molecule has 1 aromatic carbocycles. The van der Waals surface area contributed by atoms with Gasteiger partial charge in [-0.25, -0.2) is 0 Å². The van der Waals surface area contributed by atoms with E-state index < -0.39 is 4.92 Å². The van der Waals surface area contributed by atoms with E-state index in [0.29, 0.717) is 32.9 Å². The number of furan rings is 2. The van der Waals surface area contributed by atoms with E-state index in [1.807, 2.05) is 0 Å². The number of nitrogens with one attached hydrogen (secondary N) is 1. The second-order valence-corrected chi connectivity index (χ2v) is 6.77. The number of amides is 1. The summed E-state index contributed by atoms with van der Waals surface area (Å²) in [6, 6.07) is 12.9. The van der Waals surface area contributed by atoms with Crippen LogP contribution in [-0.4, -0.2) is 22.2 Å². The van der Waals surface area contributed by atoms with Crippen LogP contribution in [0.4, 0.5) is 5.69 Å². The molecule has 2 aromatic heterocycles. The summed E-state index contributed by atoms with van der Waals surface area (Å²) in [6.07, 6.45) is 4.55. The predicted molar refractivity (Wildman–Crippen MR) is 108 cm³/mol. The zero-order valence-electron chi connectivity index (χ0n) is 14.6. The minimum Gasteiger partial charge on any atom is -0.463 e. The fourth-order valence-electron chi connectivity index (χ4n) is 2.44. The van der Waals surface area contributed by atoms with Crippen LogP contribution in [0.15, 0.2) is 78.7 Å². The topological polar surface area (TPSA) is 123 Å². The van der Waals surface area contributed by atoms with Crippen molar-refractivity contribution < 1.29 is 18.6 Å². The van der Waals surface area contributed by atoms with Gasteiger partial charge < -0.3 is 8.83 Å². The van der Waals surface area contributed by atoms with Crippen molar-refractivity contribution in [3.05, 3.63) is 81.3 Å². The molecule has 0 saturated carbocycles. The molecule has 3 heterocycles. The van der Waals surface area contributed by atoms with E-state index in [9.17, 15) is 14.9 Å². The lowest BCUT2D eigenvalue weighted by atomic mass is 10.1. The van der Waals surface area contributed by atoms with E-state index >= 15 is 0 Å². The van der Waals surface area contributed by atoms with Gasteiger partial charge in [-0.15, -0.1) is 5.10 Å². The Morgan fingerprint density at radius 3 is 2.66 bits per heavy atom. The zero-order valence-corrected chi connectivity index (χ0v) is 15.5. The quantitative estimate of drug-likeness (QED) is 0.294. The van der Waals surface area contributed by atoms with Crippen molar-refractivity contribution in [3.8, 4) is 11.3 Å². The first kappa shape index (κ1) is 18.4. The monoisotopic (exact) mass is 408 g/mol. The minimum atomic E-state index is -0.463. The highest BCUT2D eigenvalue weighted by atomic mass is 32.2. The third-order valence-electron chi connectivity index (χ3n) is 3.79. The molecule has 0 bridgehead atoms. The van der Waals surface area contributed by atoms with E-state index in [-0.39, 0.29) is 11.6 Å². The summed E-state index contributed by atoms with van der Waals surface area (Å²) >= 11 is 1.13. The molecule has 1 fully saturated rings. The highest BCUT2D eigenvalue weighted by Crippen LogP contribution is 2.29. The van der Waals surface area contributed by atoms with Gasteiger partial charge in [0.1, 0.15) is 17.3 Å². The van der Waals surface area contributed by atoms with E-state index in [4.69, 9.17) is 8.83 Å². The molecule has 29 heavy (non-hydrogen) atoms. The SMILES string of the molecule is O=C1NC(=NN=Cc2ccco2)SC1=Cc1ccc(-c2ccc([N+](=O)[O-])cc2)o1. The average Bonchev–Trinajstić information content (AvgIpc) is 3.45. The summed E-state index contributed by atoms with van der Waals surface area (Å²) in [6.45, 7) is 0. The molecule has 0 aliphatic carbocycles. The van der Waals surface area contributed by atoms with Gasteiger partial charge in [0.2, 0.25) is 0 Å². The summed E-state index contributed by atoms with van der Waals surface area (Å²) < 4.78 is 10.8. The van der Waals surface area contributed by atoms with Gasteiger partial charge in [-0.3, -0.25) is 20.2 Å². The van der Waals surface area contributed by atoms with Crippen LogP contribution in [0.5, 0.6) is 0 Å². The largest absolute Gasteiger partial charge is 0.463 e. The molecule has 0 atom stereocenters. The van der Waals surface area contributed by atoms with Crippen molar-refractivity contribution in [2.75, 3.05) is 0 Å². The number of non-ortho nitro benzene ring substituents is 1. The van der Waals surface area contributed by atoms with Gasteiger partial charge in [0.25, 0.3) is 11.6 Å². The lowest BCUT2D eigenvalue weighted by Gasteiger charge is -1.96. The predicted octanol–water partition coefficient (Wildman–Crippen LogP) is 4.04. The molecule has 0 unspecified atom stereocenters. The van der Waals surface area contributed by atoms with Crippen LogP contribution >= 0.6 is 11.8 Å². The summed E-state index contributed by atoms with van der Waals surface area (Å²) in [4.78, 5) is 22.8. The fraction of sp³-hybridized carbons (Fsp3) is 0. The van der Waals surface area contributed by atoms with Crippen LogP contribution in [0.25, 0.3) is 17.4 Å². The highest BCUT2D eigenvalue weighted by molar-refractivity contribution is 8.18. The maximum absolute atomic E-state index is 12.1. The molecule has 1 aliphatic heterocycles.